The molecule has 1 rings (SSSR count). The zero-order valence-electron chi connectivity index (χ0n) is 5.20. The van der Waals surface area contributed by atoms with Gasteiger partial charge in [0.1, 0.15) is 0 Å². The first-order valence-corrected chi connectivity index (χ1v) is 3.44. The SMILES string of the molecule is O=c1cc[nH]c([N+](=O)[O-])c1Br. The third-order valence-electron chi connectivity index (χ3n) is 1.06. The fraction of sp³-hybridized carbons (Fsp3) is 0. The van der Waals surface area contributed by atoms with Crippen LogP contribution < -0.4 is 5.43 Å². The van der Waals surface area contributed by atoms with Crippen molar-refractivity contribution in [2.75, 3.05) is 0 Å². The minimum atomic E-state index is -0.661. The van der Waals surface area contributed by atoms with Crippen molar-refractivity contribution >= 4 is 21.7 Å². The summed E-state index contributed by atoms with van der Waals surface area (Å²) >= 11 is 2.80. The van der Waals surface area contributed by atoms with E-state index in [4.69, 9.17) is 0 Å². The zero-order chi connectivity index (χ0) is 8.43. The van der Waals surface area contributed by atoms with E-state index in [9.17, 15) is 14.9 Å². The lowest BCUT2D eigenvalue weighted by atomic mass is 10.4. The quantitative estimate of drug-likeness (QED) is 0.566. The maximum Gasteiger partial charge on any atom is 0.339 e. The molecule has 0 aliphatic heterocycles. The molecule has 0 atom stereocenters. The predicted octanol–water partition coefficient (Wildman–Crippen LogP) is 1.05. The van der Waals surface area contributed by atoms with Crippen LogP contribution in [0.2, 0.25) is 0 Å². The first-order valence-electron chi connectivity index (χ1n) is 2.64. The predicted molar refractivity (Wildman–Crippen MR) is 41.4 cm³/mol. The van der Waals surface area contributed by atoms with Gasteiger partial charge in [-0.25, -0.2) is 4.98 Å². The van der Waals surface area contributed by atoms with Crippen molar-refractivity contribution in [3.05, 3.63) is 37.1 Å². The second kappa shape index (κ2) is 2.83. The summed E-state index contributed by atoms with van der Waals surface area (Å²) in [4.78, 5) is 22.6. The minimum Gasteiger partial charge on any atom is -0.358 e. The molecule has 0 saturated heterocycles. The van der Waals surface area contributed by atoms with Crippen LogP contribution >= 0.6 is 15.9 Å². The highest BCUT2D eigenvalue weighted by Crippen LogP contribution is 2.15. The molecule has 5 nitrogen and oxygen atoms in total. The fourth-order valence-electron chi connectivity index (χ4n) is 0.582. The fourth-order valence-corrected chi connectivity index (χ4v) is 0.974. The number of nitrogens with zero attached hydrogens (tertiary/aromatic N) is 1. The maximum atomic E-state index is 10.8. The number of aromatic nitrogens is 1. The van der Waals surface area contributed by atoms with Crippen LogP contribution in [0.25, 0.3) is 0 Å². The van der Waals surface area contributed by atoms with Crippen LogP contribution in [0.1, 0.15) is 0 Å². The van der Waals surface area contributed by atoms with Gasteiger partial charge in [0.25, 0.3) is 0 Å². The van der Waals surface area contributed by atoms with Crippen molar-refractivity contribution in [3.8, 4) is 0 Å². The summed E-state index contributed by atoms with van der Waals surface area (Å²) in [6.45, 7) is 0. The molecule has 0 amide bonds. The molecule has 1 aromatic heterocycles. The van der Waals surface area contributed by atoms with Crippen LogP contribution in [-0.4, -0.2) is 9.91 Å². The molecule has 6 heteroatoms. The highest BCUT2D eigenvalue weighted by molar-refractivity contribution is 9.10. The van der Waals surface area contributed by atoms with Gasteiger partial charge >= 0.3 is 5.82 Å². The summed E-state index contributed by atoms with van der Waals surface area (Å²) in [7, 11) is 0. The Kier molecular flexibility index (Phi) is 2.04. The van der Waals surface area contributed by atoms with Crippen LogP contribution in [0.4, 0.5) is 5.82 Å². The first-order chi connectivity index (χ1) is 5.13. The van der Waals surface area contributed by atoms with E-state index in [-0.39, 0.29) is 10.3 Å². The van der Waals surface area contributed by atoms with E-state index in [1.54, 1.807) is 0 Å². The van der Waals surface area contributed by atoms with E-state index in [0.717, 1.165) is 0 Å². The second-order valence-corrected chi connectivity index (χ2v) is 2.55. The Hall–Kier alpha value is -1.17. The molecule has 0 aliphatic carbocycles. The van der Waals surface area contributed by atoms with Crippen molar-refractivity contribution in [2.45, 2.75) is 0 Å². The van der Waals surface area contributed by atoms with Crippen LogP contribution in [-0.2, 0) is 0 Å². The maximum absolute atomic E-state index is 10.8. The van der Waals surface area contributed by atoms with Crippen molar-refractivity contribution in [1.82, 2.24) is 4.98 Å². The summed E-state index contributed by atoms with van der Waals surface area (Å²) in [6.07, 6.45) is 1.23. The lowest BCUT2D eigenvalue weighted by Gasteiger charge is -1.93. The average molecular weight is 219 g/mol. The van der Waals surface area contributed by atoms with Gasteiger partial charge < -0.3 is 10.1 Å². The molecule has 0 fully saturated rings. The van der Waals surface area contributed by atoms with Crippen molar-refractivity contribution in [3.63, 3.8) is 0 Å². The van der Waals surface area contributed by atoms with Crippen molar-refractivity contribution in [2.24, 2.45) is 0 Å². The number of aromatic amines is 1. The number of nitro groups is 1. The molecular weight excluding hydrogens is 216 g/mol. The summed E-state index contributed by atoms with van der Waals surface area (Å²) < 4.78 is -0.0509. The molecule has 1 heterocycles. The number of nitrogens with one attached hydrogen (secondary N) is 1. The van der Waals surface area contributed by atoms with Gasteiger partial charge in [-0.05, 0) is 20.9 Å². The normalized spacial score (nSPS) is 9.55. The average Bonchev–Trinajstić information content (AvgIpc) is 1.94. The highest BCUT2D eigenvalue weighted by atomic mass is 79.9. The molecule has 0 unspecified atom stereocenters. The Morgan fingerprint density at radius 2 is 2.27 bits per heavy atom. The van der Waals surface area contributed by atoms with Gasteiger partial charge in [0.2, 0.25) is 5.43 Å². The van der Waals surface area contributed by atoms with Gasteiger partial charge in [-0.1, -0.05) is 0 Å². The zero-order valence-corrected chi connectivity index (χ0v) is 6.79. The smallest absolute Gasteiger partial charge is 0.339 e. The van der Waals surface area contributed by atoms with E-state index >= 15 is 0 Å². The van der Waals surface area contributed by atoms with Gasteiger partial charge in [0.05, 0.1) is 6.20 Å². The van der Waals surface area contributed by atoms with Crippen molar-refractivity contribution < 1.29 is 4.92 Å². The highest BCUT2D eigenvalue weighted by Gasteiger charge is 2.11. The van der Waals surface area contributed by atoms with Crippen LogP contribution in [0.5, 0.6) is 0 Å². The molecule has 1 N–H and O–H groups in total. The molecule has 58 valence electrons. The molecule has 0 spiro atoms. The Labute approximate surface area is 69.3 Å². The Morgan fingerprint density at radius 1 is 1.64 bits per heavy atom. The van der Waals surface area contributed by atoms with E-state index in [0.29, 0.717) is 0 Å². The molecular formula is C5H3BrN2O3. The number of hydrogen-bond donors (Lipinski definition) is 1. The van der Waals surface area contributed by atoms with Gasteiger partial charge in [-0.3, -0.25) is 4.79 Å². The summed E-state index contributed by atoms with van der Waals surface area (Å²) in [5.41, 5.74) is -0.407. The van der Waals surface area contributed by atoms with Gasteiger partial charge in [-0.2, -0.15) is 0 Å². The molecule has 0 bridgehead atoms. The summed E-state index contributed by atoms with van der Waals surface area (Å²) in [5, 5.41) is 10.2. The third kappa shape index (κ3) is 1.45. The van der Waals surface area contributed by atoms with Crippen LogP contribution in [0.3, 0.4) is 0 Å². The number of hydrogen-bond acceptors (Lipinski definition) is 3. The molecule has 11 heavy (non-hydrogen) atoms. The Morgan fingerprint density at radius 3 is 2.73 bits per heavy atom. The Bertz CT molecular complexity index is 346. The third-order valence-corrected chi connectivity index (χ3v) is 1.83. The molecule has 0 radical (unpaired) electrons. The second-order valence-electron chi connectivity index (χ2n) is 1.76. The van der Waals surface area contributed by atoms with Crippen LogP contribution in [0.15, 0.2) is 21.5 Å². The first kappa shape index (κ1) is 7.93. The molecule has 0 aromatic carbocycles. The van der Waals surface area contributed by atoms with Gasteiger partial charge in [-0.15, -0.1) is 0 Å². The monoisotopic (exact) mass is 218 g/mol. The number of pyridine rings is 1. The summed E-state index contributed by atoms with van der Waals surface area (Å²) in [6, 6.07) is 1.21. The van der Waals surface area contributed by atoms with E-state index in [2.05, 4.69) is 20.9 Å². The largest absolute Gasteiger partial charge is 0.358 e. The molecule has 0 aliphatic rings. The van der Waals surface area contributed by atoms with Crippen LogP contribution in [0, 0.1) is 10.1 Å². The van der Waals surface area contributed by atoms with Crippen molar-refractivity contribution in [1.29, 1.82) is 0 Å². The number of halogens is 1. The molecule has 1 aromatic rings. The van der Waals surface area contributed by atoms with E-state index in [1.165, 1.54) is 12.3 Å². The van der Waals surface area contributed by atoms with Gasteiger partial charge in [0, 0.05) is 6.07 Å². The Balaban J connectivity index is 3.39. The standard InChI is InChI=1S/C5H3BrN2O3/c6-4-3(9)1-2-7-5(4)8(10)11/h1-2H,(H,7,9). The lowest BCUT2D eigenvalue weighted by molar-refractivity contribution is -0.390. The van der Waals surface area contributed by atoms with E-state index < -0.39 is 10.4 Å². The lowest BCUT2D eigenvalue weighted by Crippen LogP contribution is -2.04. The minimum absolute atomic E-state index is 0.0509. The summed E-state index contributed by atoms with van der Waals surface area (Å²) in [5.74, 6) is -0.322. The molecule has 0 saturated carbocycles. The number of H-pyrrole nitrogens is 1. The van der Waals surface area contributed by atoms with E-state index in [1.807, 2.05) is 0 Å². The number of rotatable bonds is 1. The van der Waals surface area contributed by atoms with Gasteiger partial charge in [0.15, 0.2) is 4.47 Å². The topological polar surface area (TPSA) is 76.0 Å².